The van der Waals surface area contributed by atoms with E-state index in [1.807, 2.05) is 12.1 Å². The van der Waals surface area contributed by atoms with Gasteiger partial charge in [-0.05, 0) is 42.2 Å². The van der Waals surface area contributed by atoms with Crippen LogP contribution >= 0.6 is 0 Å². The predicted octanol–water partition coefficient (Wildman–Crippen LogP) is 2.87. The summed E-state index contributed by atoms with van der Waals surface area (Å²) in [6.45, 7) is 3.81. The van der Waals surface area contributed by atoms with Crippen molar-refractivity contribution >= 4 is 5.91 Å². The fraction of sp³-hybridized carbons (Fsp3) is 0.350. The molecule has 0 saturated carbocycles. The SMILES string of the molecule is COc1cccc(C(=O)NCCCN2CCc3ccccc3C2)c1. The number of hydrogen-bond acceptors (Lipinski definition) is 3. The van der Waals surface area contributed by atoms with E-state index in [1.165, 1.54) is 11.1 Å². The Morgan fingerprint density at radius 3 is 2.83 bits per heavy atom. The van der Waals surface area contributed by atoms with E-state index in [9.17, 15) is 4.79 Å². The third-order valence-electron chi connectivity index (χ3n) is 4.48. The van der Waals surface area contributed by atoms with Crippen LogP contribution in [0, 0.1) is 0 Å². The molecule has 2 aromatic rings. The molecule has 24 heavy (non-hydrogen) atoms. The van der Waals surface area contributed by atoms with Gasteiger partial charge in [-0.3, -0.25) is 9.69 Å². The van der Waals surface area contributed by atoms with Crippen LogP contribution in [0.3, 0.4) is 0 Å². The van der Waals surface area contributed by atoms with E-state index in [0.717, 1.165) is 32.5 Å². The molecule has 0 unspecified atom stereocenters. The van der Waals surface area contributed by atoms with E-state index >= 15 is 0 Å². The smallest absolute Gasteiger partial charge is 0.251 e. The number of benzene rings is 2. The number of amides is 1. The van der Waals surface area contributed by atoms with Crippen LogP contribution < -0.4 is 10.1 Å². The summed E-state index contributed by atoms with van der Waals surface area (Å²) < 4.78 is 5.15. The van der Waals surface area contributed by atoms with Crippen molar-refractivity contribution in [1.29, 1.82) is 0 Å². The maximum absolute atomic E-state index is 12.1. The molecule has 4 nitrogen and oxygen atoms in total. The van der Waals surface area contributed by atoms with Crippen molar-refractivity contribution in [1.82, 2.24) is 10.2 Å². The number of methoxy groups -OCH3 is 1. The monoisotopic (exact) mass is 324 g/mol. The Kier molecular flexibility index (Phi) is 5.49. The molecule has 1 aliphatic rings. The van der Waals surface area contributed by atoms with Crippen LogP contribution in [0.2, 0.25) is 0 Å². The molecular formula is C20H24N2O2. The molecule has 0 radical (unpaired) electrons. The maximum Gasteiger partial charge on any atom is 0.251 e. The Balaban J connectivity index is 1.42. The van der Waals surface area contributed by atoms with E-state index in [-0.39, 0.29) is 5.91 Å². The molecule has 3 rings (SSSR count). The first-order valence-corrected chi connectivity index (χ1v) is 8.47. The Hall–Kier alpha value is -2.33. The predicted molar refractivity (Wildman–Crippen MR) is 95.4 cm³/mol. The third-order valence-corrected chi connectivity index (χ3v) is 4.48. The number of ether oxygens (including phenoxy) is 1. The number of hydrogen-bond donors (Lipinski definition) is 1. The van der Waals surface area contributed by atoms with Gasteiger partial charge in [0.1, 0.15) is 5.75 Å². The summed E-state index contributed by atoms with van der Waals surface area (Å²) in [7, 11) is 1.60. The highest BCUT2D eigenvalue weighted by molar-refractivity contribution is 5.94. The fourth-order valence-electron chi connectivity index (χ4n) is 3.12. The molecule has 0 aliphatic carbocycles. The molecule has 0 bridgehead atoms. The van der Waals surface area contributed by atoms with Gasteiger partial charge in [-0.25, -0.2) is 0 Å². The van der Waals surface area contributed by atoms with Gasteiger partial charge in [0.25, 0.3) is 5.91 Å². The lowest BCUT2D eigenvalue weighted by Crippen LogP contribution is -2.33. The van der Waals surface area contributed by atoms with Gasteiger partial charge in [0.2, 0.25) is 0 Å². The molecule has 2 aromatic carbocycles. The first-order chi connectivity index (χ1) is 11.8. The summed E-state index contributed by atoms with van der Waals surface area (Å²) in [6, 6.07) is 15.9. The summed E-state index contributed by atoms with van der Waals surface area (Å²) in [5.41, 5.74) is 3.55. The molecule has 0 saturated heterocycles. The van der Waals surface area contributed by atoms with Crippen molar-refractivity contribution in [2.45, 2.75) is 19.4 Å². The maximum atomic E-state index is 12.1. The lowest BCUT2D eigenvalue weighted by atomic mass is 10.00. The van der Waals surface area contributed by atoms with E-state index in [0.29, 0.717) is 17.9 Å². The minimum Gasteiger partial charge on any atom is -0.497 e. The Bertz CT molecular complexity index is 700. The molecule has 0 spiro atoms. The van der Waals surface area contributed by atoms with Crippen molar-refractivity contribution in [2.24, 2.45) is 0 Å². The standard InChI is InChI=1S/C20H24N2O2/c1-24-19-9-4-8-17(14-19)20(23)21-11-5-12-22-13-10-16-6-2-3-7-18(16)15-22/h2-4,6-9,14H,5,10-13,15H2,1H3,(H,21,23). The lowest BCUT2D eigenvalue weighted by molar-refractivity contribution is 0.0951. The second kappa shape index (κ2) is 7.97. The molecule has 1 N–H and O–H groups in total. The minimum atomic E-state index is -0.0436. The van der Waals surface area contributed by atoms with Crippen LogP contribution in [0.4, 0.5) is 0 Å². The highest BCUT2D eigenvalue weighted by Gasteiger charge is 2.15. The number of carbonyl (C=O) groups is 1. The van der Waals surface area contributed by atoms with Crippen LogP contribution in [0.5, 0.6) is 5.75 Å². The summed E-state index contributed by atoms with van der Waals surface area (Å²) in [5.74, 6) is 0.660. The number of nitrogens with zero attached hydrogens (tertiary/aromatic N) is 1. The van der Waals surface area contributed by atoms with Crippen molar-refractivity contribution in [3.63, 3.8) is 0 Å². The number of nitrogens with one attached hydrogen (secondary N) is 1. The molecular weight excluding hydrogens is 300 g/mol. The van der Waals surface area contributed by atoms with Gasteiger partial charge in [-0.2, -0.15) is 0 Å². The lowest BCUT2D eigenvalue weighted by Gasteiger charge is -2.28. The van der Waals surface area contributed by atoms with Crippen molar-refractivity contribution in [2.75, 3.05) is 26.7 Å². The van der Waals surface area contributed by atoms with Gasteiger partial charge >= 0.3 is 0 Å². The highest BCUT2D eigenvalue weighted by Crippen LogP contribution is 2.18. The van der Waals surface area contributed by atoms with Crippen LogP contribution in [0.15, 0.2) is 48.5 Å². The highest BCUT2D eigenvalue weighted by atomic mass is 16.5. The largest absolute Gasteiger partial charge is 0.497 e. The average Bonchev–Trinajstić information content (AvgIpc) is 2.65. The van der Waals surface area contributed by atoms with Gasteiger partial charge in [-0.15, -0.1) is 0 Å². The summed E-state index contributed by atoms with van der Waals surface area (Å²) >= 11 is 0. The quantitative estimate of drug-likeness (QED) is 0.831. The summed E-state index contributed by atoms with van der Waals surface area (Å²) in [6.07, 6.45) is 2.07. The summed E-state index contributed by atoms with van der Waals surface area (Å²) in [5, 5.41) is 2.99. The van der Waals surface area contributed by atoms with E-state index in [1.54, 1.807) is 19.2 Å². The zero-order valence-electron chi connectivity index (χ0n) is 14.1. The van der Waals surface area contributed by atoms with Gasteiger partial charge in [0.05, 0.1) is 7.11 Å². The second-order valence-electron chi connectivity index (χ2n) is 6.14. The molecule has 1 aliphatic heterocycles. The van der Waals surface area contributed by atoms with E-state index < -0.39 is 0 Å². The van der Waals surface area contributed by atoms with Gasteiger partial charge in [0.15, 0.2) is 0 Å². The second-order valence-corrected chi connectivity index (χ2v) is 6.14. The molecule has 0 aromatic heterocycles. The molecule has 126 valence electrons. The minimum absolute atomic E-state index is 0.0436. The first kappa shape index (κ1) is 16.5. The van der Waals surface area contributed by atoms with Crippen LogP contribution in [0.1, 0.15) is 27.9 Å². The molecule has 0 atom stereocenters. The number of fused-ring (bicyclic) bond motifs is 1. The van der Waals surface area contributed by atoms with Gasteiger partial charge in [-0.1, -0.05) is 30.3 Å². The van der Waals surface area contributed by atoms with E-state index in [4.69, 9.17) is 4.74 Å². The summed E-state index contributed by atoms with van der Waals surface area (Å²) in [4.78, 5) is 14.6. The Morgan fingerprint density at radius 1 is 1.17 bits per heavy atom. The van der Waals surface area contributed by atoms with Gasteiger partial charge < -0.3 is 10.1 Å². The normalized spacial score (nSPS) is 14.0. The zero-order valence-corrected chi connectivity index (χ0v) is 14.1. The first-order valence-electron chi connectivity index (χ1n) is 8.47. The van der Waals surface area contributed by atoms with E-state index in [2.05, 4.69) is 34.5 Å². The zero-order chi connectivity index (χ0) is 16.8. The molecule has 4 heteroatoms. The molecule has 1 amide bonds. The number of rotatable bonds is 6. The number of carbonyl (C=O) groups excluding carboxylic acids is 1. The van der Waals surface area contributed by atoms with Crippen LogP contribution in [0.25, 0.3) is 0 Å². The fourth-order valence-corrected chi connectivity index (χ4v) is 3.12. The third kappa shape index (κ3) is 4.15. The van der Waals surface area contributed by atoms with Crippen molar-refractivity contribution in [3.8, 4) is 5.75 Å². The topological polar surface area (TPSA) is 41.6 Å². The van der Waals surface area contributed by atoms with Crippen LogP contribution in [-0.2, 0) is 13.0 Å². The van der Waals surface area contributed by atoms with Crippen molar-refractivity contribution in [3.05, 3.63) is 65.2 Å². The van der Waals surface area contributed by atoms with Crippen molar-refractivity contribution < 1.29 is 9.53 Å². The molecule has 1 heterocycles. The molecule has 0 fully saturated rings. The Labute approximate surface area is 143 Å². The van der Waals surface area contributed by atoms with Crippen LogP contribution in [-0.4, -0.2) is 37.6 Å². The Morgan fingerprint density at radius 2 is 2.00 bits per heavy atom. The average molecular weight is 324 g/mol. The van der Waals surface area contributed by atoms with Gasteiger partial charge in [0, 0.05) is 31.7 Å².